The van der Waals surface area contributed by atoms with Crippen molar-refractivity contribution < 1.29 is 4.79 Å². The number of aryl methyl sites for hydroxylation is 1. The largest absolute Gasteiger partial charge is 0.352 e. The first-order valence-electron chi connectivity index (χ1n) is 11.3. The van der Waals surface area contributed by atoms with Crippen LogP contribution in [0, 0.1) is 25.2 Å². The minimum atomic E-state index is -0.0592. The second-order valence-corrected chi connectivity index (χ2v) is 11.0. The summed E-state index contributed by atoms with van der Waals surface area (Å²) in [6, 6.07) is 11.8. The van der Waals surface area contributed by atoms with Crippen molar-refractivity contribution in [3.05, 3.63) is 69.4 Å². The molecule has 0 fully saturated rings. The van der Waals surface area contributed by atoms with Gasteiger partial charge >= 0.3 is 0 Å². The van der Waals surface area contributed by atoms with E-state index in [-0.39, 0.29) is 11.3 Å². The molecule has 0 aliphatic heterocycles. The van der Waals surface area contributed by atoms with Crippen LogP contribution in [0.1, 0.15) is 64.9 Å². The number of carbonyl (C=O) groups excluding carboxylic acids is 1. The fourth-order valence-corrected chi connectivity index (χ4v) is 5.76. The lowest BCUT2D eigenvalue weighted by Crippen LogP contribution is -2.27. The van der Waals surface area contributed by atoms with Gasteiger partial charge in [0.05, 0.1) is 5.56 Å². The Morgan fingerprint density at radius 1 is 1.22 bits per heavy atom. The van der Waals surface area contributed by atoms with Gasteiger partial charge in [0.15, 0.2) is 0 Å². The normalized spacial score (nSPS) is 16.4. The third-order valence-corrected chi connectivity index (χ3v) is 8.03. The van der Waals surface area contributed by atoms with Crippen LogP contribution in [0.4, 0.5) is 10.7 Å². The van der Waals surface area contributed by atoms with Gasteiger partial charge < -0.3 is 9.88 Å². The second-order valence-electron chi connectivity index (χ2n) is 9.95. The van der Waals surface area contributed by atoms with Crippen molar-refractivity contribution in [2.24, 2.45) is 23.4 Å². The van der Waals surface area contributed by atoms with E-state index in [0.29, 0.717) is 5.92 Å². The van der Waals surface area contributed by atoms with Gasteiger partial charge in [-0.05, 0) is 68.2 Å². The molecule has 1 N–H and O–H groups in total. The number of hydrogen-bond acceptors (Lipinski definition) is 3. The summed E-state index contributed by atoms with van der Waals surface area (Å²) >= 11 is 1.69. The van der Waals surface area contributed by atoms with E-state index < -0.39 is 0 Å². The van der Waals surface area contributed by atoms with Crippen LogP contribution in [0.3, 0.4) is 0 Å². The maximum absolute atomic E-state index is 13.4. The summed E-state index contributed by atoms with van der Waals surface area (Å²) in [5.74, 6) is 0.561. The third-order valence-electron chi connectivity index (χ3n) is 6.87. The van der Waals surface area contributed by atoms with Crippen LogP contribution in [0.25, 0.3) is 0 Å². The predicted octanol–water partition coefficient (Wildman–Crippen LogP) is 6.86. The van der Waals surface area contributed by atoms with Crippen molar-refractivity contribution >= 4 is 34.1 Å². The smallest absolute Gasteiger partial charge is 0.259 e. The molecule has 0 saturated carbocycles. The number of thiophene rings is 1. The number of amides is 1. The number of aromatic nitrogens is 1. The minimum absolute atomic E-state index is 0.0592. The Kier molecular flexibility index (Phi) is 6.13. The molecule has 5 heteroatoms. The first kappa shape index (κ1) is 22.5. The van der Waals surface area contributed by atoms with Gasteiger partial charge in [0.25, 0.3) is 5.91 Å². The number of nitrogens with zero attached hydrogens (tertiary/aromatic N) is 2. The van der Waals surface area contributed by atoms with Crippen LogP contribution in [-0.2, 0) is 19.9 Å². The van der Waals surface area contributed by atoms with Crippen molar-refractivity contribution in [1.82, 2.24) is 4.57 Å². The molecule has 0 spiro atoms. The lowest BCUT2D eigenvalue weighted by atomic mass is 9.72. The van der Waals surface area contributed by atoms with Gasteiger partial charge in [0.2, 0.25) is 0 Å². The van der Waals surface area contributed by atoms with E-state index in [1.165, 1.54) is 21.8 Å². The van der Waals surface area contributed by atoms with Gasteiger partial charge in [-0.1, -0.05) is 39.0 Å². The van der Waals surface area contributed by atoms with E-state index in [0.717, 1.165) is 41.1 Å². The van der Waals surface area contributed by atoms with E-state index in [4.69, 9.17) is 4.99 Å². The SMILES string of the molecule is Cc1cc(C=Nc2sc3c(c2C(=O)Nc2ccccc2)CC[C@H](C(C)(C)C)C3)c(C)n1C. The van der Waals surface area contributed by atoms with Crippen LogP contribution < -0.4 is 5.32 Å². The van der Waals surface area contributed by atoms with Gasteiger partial charge in [-0.2, -0.15) is 0 Å². The number of para-hydroxylation sites is 1. The number of fused-ring (bicyclic) bond motifs is 1. The zero-order chi connectivity index (χ0) is 23.0. The zero-order valence-corrected chi connectivity index (χ0v) is 20.8. The summed E-state index contributed by atoms with van der Waals surface area (Å²) in [6.07, 6.45) is 4.98. The van der Waals surface area contributed by atoms with Crippen molar-refractivity contribution in [2.75, 3.05) is 5.32 Å². The monoisotopic (exact) mass is 447 g/mol. The van der Waals surface area contributed by atoms with Crippen molar-refractivity contribution in [3.8, 4) is 0 Å². The quantitative estimate of drug-likeness (QED) is 0.436. The molecule has 1 aliphatic carbocycles. The lowest BCUT2D eigenvalue weighted by molar-refractivity contribution is 0.102. The number of nitrogens with one attached hydrogen (secondary N) is 1. The molecule has 0 unspecified atom stereocenters. The van der Waals surface area contributed by atoms with Gasteiger partial charge in [-0.15, -0.1) is 11.3 Å². The molecule has 1 aromatic carbocycles. The average molecular weight is 448 g/mol. The number of benzene rings is 1. The molecule has 0 bridgehead atoms. The molecule has 4 nitrogen and oxygen atoms in total. The maximum atomic E-state index is 13.4. The Morgan fingerprint density at radius 2 is 1.94 bits per heavy atom. The number of aliphatic imine (C=N–C) groups is 1. The van der Waals surface area contributed by atoms with Gasteiger partial charge in [0.1, 0.15) is 5.00 Å². The summed E-state index contributed by atoms with van der Waals surface area (Å²) in [4.78, 5) is 19.6. The Labute approximate surface area is 195 Å². The van der Waals surface area contributed by atoms with E-state index in [9.17, 15) is 4.79 Å². The van der Waals surface area contributed by atoms with Crippen LogP contribution in [-0.4, -0.2) is 16.7 Å². The van der Waals surface area contributed by atoms with E-state index in [1.807, 2.05) is 36.5 Å². The summed E-state index contributed by atoms with van der Waals surface area (Å²) in [7, 11) is 2.07. The molecule has 1 amide bonds. The Balaban J connectivity index is 1.72. The van der Waals surface area contributed by atoms with E-state index in [1.54, 1.807) is 11.3 Å². The Hall–Kier alpha value is -2.66. The summed E-state index contributed by atoms with van der Waals surface area (Å²) in [6.45, 7) is 11.2. The van der Waals surface area contributed by atoms with E-state index in [2.05, 4.69) is 57.6 Å². The standard InChI is InChI=1S/C27H33N3OS/c1-17-14-19(18(2)30(17)6)16-28-26-24(25(31)29-21-10-8-7-9-11-21)22-13-12-20(27(3,4)5)15-23(22)32-26/h7-11,14,16,20H,12-13,15H2,1-6H3,(H,29,31)/t20-/m0/s1. The minimum Gasteiger partial charge on any atom is -0.352 e. The predicted molar refractivity (Wildman–Crippen MR) is 136 cm³/mol. The molecule has 2 heterocycles. The van der Waals surface area contributed by atoms with Crippen LogP contribution in [0.15, 0.2) is 41.4 Å². The maximum Gasteiger partial charge on any atom is 0.259 e. The summed E-state index contributed by atoms with van der Waals surface area (Å²) in [5.41, 5.74) is 6.49. The summed E-state index contributed by atoms with van der Waals surface area (Å²) in [5, 5.41) is 3.91. The van der Waals surface area contributed by atoms with Crippen molar-refractivity contribution in [3.63, 3.8) is 0 Å². The van der Waals surface area contributed by atoms with Gasteiger partial charge in [-0.3, -0.25) is 4.79 Å². The van der Waals surface area contributed by atoms with Gasteiger partial charge in [0, 0.05) is 40.8 Å². The van der Waals surface area contributed by atoms with E-state index >= 15 is 0 Å². The highest BCUT2D eigenvalue weighted by molar-refractivity contribution is 7.16. The number of anilines is 1. The van der Waals surface area contributed by atoms with Gasteiger partial charge in [-0.25, -0.2) is 4.99 Å². The Bertz CT molecular complexity index is 1160. The highest BCUT2D eigenvalue weighted by Crippen LogP contribution is 2.45. The fourth-order valence-electron chi connectivity index (χ4n) is 4.49. The number of carbonyl (C=O) groups is 1. The second kappa shape index (κ2) is 8.70. The van der Waals surface area contributed by atoms with Crippen molar-refractivity contribution in [2.45, 2.75) is 53.9 Å². The highest BCUT2D eigenvalue weighted by atomic mass is 32.1. The van der Waals surface area contributed by atoms with Crippen LogP contribution >= 0.6 is 11.3 Å². The molecule has 0 saturated heterocycles. The lowest BCUT2D eigenvalue weighted by Gasteiger charge is -2.33. The molecule has 0 radical (unpaired) electrons. The first-order valence-corrected chi connectivity index (χ1v) is 12.1. The molecule has 168 valence electrons. The first-order chi connectivity index (χ1) is 15.1. The number of hydrogen-bond donors (Lipinski definition) is 1. The number of rotatable bonds is 4. The molecular formula is C27H33N3OS. The molecule has 1 aliphatic rings. The van der Waals surface area contributed by atoms with Crippen LogP contribution in [0.2, 0.25) is 0 Å². The Morgan fingerprint density at radius 3 is 2.56 bits per heavy atom. The molecule has 2 aromatic heterocycles. The molecule has 4 rings (SSSR count). The average Bonchev–Trinajstić information content (AvgIpc) is 3.24. The zero-order valence-electron chi connectivity index (χ0n) is 20.0. The molecule has 1 atom stereocenters. The molecular weight excluding hydrogens is 414 g/mol. The molecule has 32 heavy (non-hydrogen) atoms. The summed E-state index contributed by atoms with van der Waals surface area (Å²) < 4.78 is 2.16. The highest BCUT2D eigenvalue weighted by Gasteiger charge is 2.33. The topological polar surface area (TPSA) is 46.4 Å². The van der Waals surface area contributed by atoms with Crippen LogP contribution in [0.5, 0.6) is 0 Å². The third kappa shape index (κ3) is 4.44. The fraction of sp³-hybridized carbons (Fsp3) is 0.407. The van der Waals surface area contributed by atoms with Crippen molar-refractivity contribution in [1.29, 1.82) is 0 Å². The molecule has 3 aromatic rings.